The molecular formula is C23H47NO4. The molecule has 0 saturated heterocycles. The lowest BCUT2D eigenvalue weighted by Gasteiger charge is -2.23. The van der Waals surface area contributed by atoms with Crippen LogP contribution in [0.2, 0.25) is 0 Å². The molecular weight excluding hydrogens is 354 g/mol. The number of unbranched alkanes of at least 4 members (excludes halogenated alkanes) is 13. The molecule has 0 aliphatic heterocycles. The summed E-state index contributed by atoms with van der Waals surface area (Å²) in [5.74, 6) is -0.139. The van der Waals surface area contributed by atoms with Gasteiger partial charge in [-0.25, -0.2) is 0 Å². The van der Waals surface area contributed by atoms with E-state index in [1.54, 1.807) is 0 Å². The highest BCUT2D eigenvalue weighted by Crippen LogP contribution is 2.13. The fourth-order valence-electron chi connectivity index (χ4n) is 3.42. The number of rotatable bonds is 21. The number of ether oxygens (including phenoxy) is 1. The van der Waals surface area contributed by atoms with Crippen LogP contribution in [0, 0.1) is 0 Å². The van der Waals surface area contributed by atoms with Crippen LogP contribution >= 0.6 is 0 Å². The molecule has 0 spiro atoms. The van der Waals surface area contributed by atoms with Crippen molar-refractivity contribution in [3.63, 3.8) is 0 Å². The predicted molar refractivity (Wildman–Crippen MR) is 116 cm³/mol. The normalized spacial score (nSPS) is 12.3. The van der Waals surface area contributed by atoms with E-state index in [1.807, 2.05) is 0 Å². The van der Waals surface area contributed by atoms with Gasteiger partial charge in [-0.15, -0.1) is 0 Å². The lowest BCUT2D eigenvalue weighted by molar-refractivity contribution is -0.131. The van der Waals surface area contributed by atoms with Gasteiger partial charge in [-0.2, -0.15) is 0 Å². The van der Waals surface area contributed by atoms with Crippen molar-refractivity contribution in [3.8, 4) is 0 Å². The molecule has 5 nitrogen and oxygen atoms in total. The Morgan fingerprint density at radius 2 is 1.32 bits per heavy atom. The summed E-state index contributed by atoms with van der Waals surface area (Å²) in [7, 11) is 0. The molecule has 0 bridgehead atoms. The summed E-state index contributed by atoms with van der Waals surface area (Å²) in [5.41, 5.74) is 0. The van der Waals surface area contributed by atoms with Gasteiger partial charge in [0.05, 0.1) is 19.3 Å². The average molecular weight is 402 g/mol. The van der Waals surface area contributed by atoms with E-state index in [0.29, 0.717) is 6.61 Å². The molecule has 0 aliphatic rings. The van der Waals surface area contributed by atoms with E-state index in [-0.39, 0.29) is 32.2 Å². The van der Waals surface area contributed by atoms with Crippen molar-refractivity contribution in [2.75, 3.05) is 32.9 Å². The summed E-state index contributed by atoms with van der Waals surface area (Å²) < 4.78 is 5.51. The van der Waals surface area contributed by atoms with Crippen molar-refractivity contribution in [1.82, 2.24) is 4.90 Å². The minimum Gasteiger partial charge on any atom is -0.395 e. The van der Waals surface area contributed by atoms with Crippen LogP contribution in [0.25, 0.3) is 0 Å². The van der Waals surface area contributed by atoms with Crippen LogP contribution < -0.4 is 0 Å². The zero-order valence-corrected chi connectivity index (χ0v) is 18.7. The highest BCUT2D eigenvalue weighted by atomic mass is 16.5. The molecule has 0 fully saturated rings. The summed E-state index contributed by atoms with van der Waals surface area (Å²) in [6, 6.07) is 0. The topological polar surface area (TPSA) is 70.0 Å². The maximum absolute atomic E-state index is 11.4. The Labute approximate surface area is 173 Å². The second-order valence-corrected chi connectivity index (χ2v) is 8.01. The molecule has 0 saturated carbocycles. The smallest absolute Gasteiger partial charge is 0.219 e. The van der Waals surface area contributed by atoms with E-state index >= 15 is 0 Å². The highest BCUT2D eigenvalue weighted by Gasteiger charge is 2.13. The van der Waals surface area contributed by atoms with Crippen molar-refractivity contribution in [2.24, 2.45) is 0 Å². The number of aliphatic hydroxyl groups is 2. The van der Waals surface area contributed by atoms with Gasteiger partial charge in [0.2, 0.25) is 5.91 Å². The Morgan fingerprint density at radius 3 is 1.75 bits per heavy atom. The highest BCUT2D eigenvalue weighted by molar-refractivity contribution is 5.73. The molecule has 168 valence electrons. The summed E-state index contributed by atoms with van der Waals surface area (Å²) in [6.07, 6.45) is 18.0. The van der Waals surface area contributed by atoms with Crippen LogP contribution in [0.1, 0.15) is 104 Å². The number of aliphatic hydroxyl groups excluding tert-OH is 2. The monoisotopic (exact) mass is 401 g/mol. The van der Waals surface area contributed by atoms with Gasteiger partial charge in [-0.1, -0.05) is 90.4 Å². The standard InChI is InChI=1S/C23H47NO4/c1-3-4-5-6-7-8-9-10-11-12-13-14-15-16-19-28-21-23(27)20-24(17-18-25)22(2)26/h23,25,27H,3-21H2,1-2H3. The second-order valence-electron chi connectivity index (χ2n) is 8.01. The molecule has 1 amide bonds. The SMILES string of the molecule is CCCCCCCCCCCCCCCCOCC(O)CN(CCO)C(C)=O. The number of carbonyl (C=O) groups is 1. The lowest BCUT2D eigenvalue weighted by Crippen LogP contribution is -2.39. The number of carbonyl (C=O) groups excluding carboxylic acids is 1. The Balaban J connectivity index is 3.30. The van der Waals surface area contributed by atoms with Gasteiger partial charge in [-0.3, -0.25) is 4.79 Å². The van der Waals surface area contributed by atoms with Crippen molar-refractivity contribution in [1.29, 1.82) is 0 Å². The molecule has 5 heteroatoms. The number of hydrogen-bond donors (Lipinski definition) is 2. The van der Waals surface area contributed by atoms with Crippen molar-refractivity contribution in [2.45, 2.75) is 110 Å². The number of hydrogen-bond acceptors (Lipinski definition) is 4. The largest absolute Gasteiger partial charge is 0.395 e. The second kappa shape index (κ2) is 21.1. The molecule has 0 aromatic heterocycles. The third-order valence-electron chi connectivity index (χ3n) is 5.20. The lowest BCUT2D eigenvalue weighted by atomic mass is 10.0. The molecule has 2 N–H and O–H groups in total. The first-order valence-corrected chi connectivity index (χ1v) is 11.7. The summed E-state index contributed by atoms with van der Waals surface area (Å²) in [6.45, 7) is 5.00. The van der Waals surface area contributed by atoms with Crippen LogP contribution in [0.4, 0.5) is 0 Å². The molecule has 1 unspecified atom stereocenters. The number of amides is 1. The van der Waals surface area contributed by atoms with E-state index in [1.165, 1.54) is 95.3 Å². The van der Waals surface area contributed by atoms with Crippen LogP contribution in [0.5, 0.6) is 0 Å². The van der Waals surface area contributed by atoms with E-state index < -0.39 is 6.10 Å². The first-order valence-electron chi connectivity index (χ1n) is 11.7. The summed E-state index contributed by atoms with van der Waals surface area (Å²) >= 11 is 0. The molecule has 0 aromatic carbocycles. The Kier molecular flexibility index (Phi) is 20.6. The van der Waals surface area contributed by atoms with E-state index in [0.717, 1.165) is 6.42 Å². The Hall–Kier alpha value is -0.650. The Morgan fingerprint density at radius 1 is 0.857 bits per heavy atom. The predicted octanol–water partition coefficient (Wildman–Crippen LogP) is 4.69. The fourth-order valence-corrected chi connectivity index (χ4v) is 3.42. The molecule has 28 heavy (non-hydrogen) atoms. The minimum atomic E-state index is -0.693. The van der Waals surface area contributed by atoms with Gasteiger partial charge in [0.15, 0.2) is 0 Å². The van der Waals surface area contributed by atoms with Crippen LogP contribution in [0.3, 0.4) is 0 Å². The summed E-state index contributed by atoms with van der Waals surface area (Å²) in [5, 5.41) is 18.8. The first kappa shape index (κ1) is 27.4. The van der Waals surface area contributed by atoms with Gasteiger partial charge < -0.3 is 19.8 Å². The van der Waals surface area contributed by atoms with Crippen molar-refractivity contribution in [3.05, 3.63) is 0 Å². The third kappa shape index (κ3) is 18.7. The maximum atomic E-state index is 11.4. The van der Waals surface area contributed by atoms with E-state index in [2.05, 4.69) is 6.92 Å². The molecule has 0 radical (unpaired) electrons. The van der Waals surface area contributed by atoms with Gasteiger partial charge in [0.1, 0.15) is 0 Å². The van der Waals surface area contributed by atoms with Crippen LogP contribution in [-0.2, 0) is 9.53 Å². The zero-order valence-electron chi connectivity index (χ0n) is 18.7. The van der Waals surface area contributed by atoms with E-state index in [9.17, 15) is 9.90 Å². The molecule has 0 rings (SSSR count). The van der Waals surface area contributed by atoms with Crippen LogP contribution in [-0.4, -0.2) is 60.0 Å². The van der Waals surface area contributed by atoms with Gasteiger partial charge in [0.25, 0.3) is 0 Å². The minimum absolute atomic E-state index is 0.0911. The molecule has 1 atom stereocenters. The van der Waals surface area contributed by atoms with Gasteiger partial charge >= 0.3 is 0 Å². The van der Waals surface area contributed by atoms with Gasteiger partial charge in [0, 0.05) is 26.6 Å². The van der Waals surface area contributed by atoms with Crippen molar-refractivity contribution >= 4 is 5.91 Å². The van der Waals surface area contributed by atoms with E-state index in [4.69, 9.17) is 9.84 Å². The van der Waals surface area contributed by atoms with Crippen molar-refractivity contribution < 1.29 is 19.7 Å². The summed E-state index contributed by atoms with van der Waals surface area (Å²) in [4.78, 5) is 12.8. The third-order valence-corrected chi connectivity index (χ3v) is 5.20. The zero-order chi connectivity index (χ0) is 20.9. The Bertz CT molecular complexity index is 339. The van der Waals surface area contributed by atoms with Gasteiger partial charge in [-0.05, 0) is 6.42 Å². The quantitative estimate of drug-likeness (QED) is 0.274. The molecule has 0 aromatic rings. The first-order chi connectivity index (χ1) is 13.6. The molecule has 0 aliphatic carbocycles. The average Bonchev–Trinajstić information content (AvgIpc) is 2.67. The molecule has 0 heterocycles. The number of nitrogens with zero attached hydrogens (tertiary/aromatic N) is 1. The fraction of sp³-hybridized carbons (Fsp3) is 0.957. The maximum Gasteiger partial charge on any atom is 0.219 e. The van der Waals surface area contributed by atoms with Crippen LogP contribution in [0.15, 0.2) is 0 Å².